The number of guanidine groups is 1. The van der Waals surface area contributed by atoms with Gasteiger partial charge in [0.2, 0.25) is 5.96 Å². The zero-order valence-electron chi connectivity index (χ0n) is 16.1. The zero-order chi connectivity index (χ0) is 21.3. The molecule has 0 fully saturated rings. The number of aromatic nitrogens is 1. The fourth-order valence-electron chi connectivity index (χ4n) is 2.56. The van der Waals surface area contributed by atoms with Crippen LogP contribution in [0.2, 0.25) is 5.02 Å². The van der Waals surface area contributed by atoms with Gasteiger partial charge in [-0.2, -0.15) is 0 Å². The molecule has 1 aromatic heterocycles. The van der Waals surface area contributed by atoms with E-state index in [1.165, 1.54) is 7.11 Å². The molecular weight excluding hydrogens is 404 g/mol. The summed E-state index contributed by atoms with van der Waals surface area (Å²) in [6, 6.07) is 17.0. The number of halogens is 1. The molecule has 152 valence electrons. The number of amides is 1. The second-order valence-electron chi connectivity index (χ2n) is 6.19. The topological polar surface area (TPSA) is 92.7 Å². The summed E-state index contributed by atoms with van der Waals surface area (Å²) in [6.45, 7) is 0.294. The third kappa shape index (κ3) is 5.89. The molecule has 3 aromatic rings. The number of nitrogens with zero attached hydrogens (tertiary/aromatic N) is 2. The van der Waals surface area contributed by atoms with E-state index < -0.39 is 5.97 Å². The van der Waals surface area contributed by atoms with Crippen molar-refractivity contribution in [1.29, 1.82) is 0 Å². The number of hydrogen-bond donors (Lipinski definition) is 2. The number of esters is 1. The zero-order valence-corrected chi connectivity index (χ0v) is 16.9. The number of hydrogen-bond acceptors (Lipinski definition) is 5. The summed E-state index contributed by atoms with van der Waals surface area (Å²) in [5.41, 5.74) is 2.20. The molecule has 2 N–H and O–H groups in total. The predicted molar refractivity (Wildman–Crippen MR) is 116 cm³/mol. The van der Waals surface area contributed by atoms with Crippen LogP contribution in [0.4, 0.5) is 5.69 Å². The number of methoxy groups -OCH3 is 1. The number of carbonyl (C=O) groups is 2. The number of anilines is 1. The molecule has 30 heavy (non-hydrogen) atoms. The molecule has 7 nitrogen and oxygen atoms in total. The molecule has 0 unspecified atom stereocenters. The molecule has 1 heterocycles. The molecule has 8 heteroatoms. The van der Waals surface area contributed by atoms with Crippen LogP contribution in [0.3, 0.4) is 0 Å². The molecule has 0 radical (unpaired) electrons. The third-order valence-corrected chi connectivity index (χ3v) is 4.24. The van der Waals surface area contributed by atoms with Gasteiger partial charge in [0.25, 0.3) is 5.91 Å². The first kappa shape index (κ1) is 21.0. The van der Waals surface area contributed by atoms with E-state index >= 15 is 0 Å². The highest BCUT2D eigenvalue weighted by Gasteiger charge is 2.11. The Morgan fingerprint density at radius 3 is 2.60 bits per heavy atom. The summed E-state index contributed by atoms with van der Waals surface area (Å²) < 4.78 is 4.75. The van der Waals surface area contributed by atoms with Crippen LogP contribution in [0.5, 0.6) is 0 Å². The molecule has 2 aromatic carbocycles. The van der Waals surface area contributed by atoms with E-state index in [1.807, 2.05) is 12.1 Å². The average Bonchev–Trinajstić information content (AvgIpc) is 2.77. The number of pyridine rings is 1. The Morgan fingerprint density at radius 1 is 1.07 bits per heavy atom. The lowest BCUT2D eigenvalue weighted by Crippen LogP contribution is -2.36. The maximum absolute atomic E-state index is 12.7. The van der Waals surface area contributed by atoms with Crippen LogP contribution in [0.15, 0.2) is 78.0 Å². The fraction of sp³-hybridized carbons (Fsp3) is 0.0909. The Labute approximate surface area is 178 Å². The fourth-order valence-corrected chi connectivity index (χ4v) is 2.75. The van der Waals surface area contributed by atoms with E-state index in [-0.39, 0.29) is 11.9 Å². The van der Waals surface area contributed by atoms with Crippen molar-refractivity contribution in [1.82, 2.24) is 10.3 Å². The molecule has 0 aliphatic carbocycles. The number of carbonyl (C=O) groups excluding carboxylic acids is 2. The number of nitrogens with one attached hydrogen (secondary N) is 2. The lowest BCUT2D eigenvalue weighted by molar-refractivity contribution is 0.0600. The summed E-state index contributed by atoms with van der Waals surface area (Å²) in [5.74, 6) is -0.625. The second-order valence-corrected chi connectivity index (χ2v) is 6.62. The minimum Gasteiger partial charge on any atom is -0.465 e. The van der Waals surface area contributed by atoms with Crippen LogP contribution in [-0.2, 0) is 11.3 Å². The van der Waals surface area contributed by atoms with Gasteiger partial charge < -0.3 is 10.1 Å². The number of aliphatic imine (C=N–C) groups is 1. The monoisotopic (exact) mass is 422 g/mol. The normalized spacial score (nSPS) is 10.9. The van der Waals surface area contributed by atoms with Gasteiger partial charge in [0, 0.05) is 28.7 Å². The Balaban J connectivity index is 1.83. The smallest absolute Gasteiger partial charge is 0.337 e. The van der Waals surface area contributed by atoms with Gasteiger partial charge >= 0.3 is 5.97 Å². The van der Waals surface area contributed by atoms with Gasteiger partial charge in [-0.1, -0.05) is 29.8 Å². The highest BCUT2D eigenvalue weighted by molar-refractivity contribution is 6.31. The van der Waals surface area contributed by atoms with Gasteiger partial charge in [-0.05, 0) is 48.0 Å². The van der Waals surface area contributed by atoms with Crippen molar-refractivity contribution in [2.75, 3.05) is 12.4 Å². The van der Waals surface area contributed by atoms with Crippen molar-refractivity contribution in [2.24, 2.45) is 4.99 Å². The van der Waals surface area contributed by atoms with Crippen LogP contribution in [0, 0.1) is 0 Å². The first-order valence-electron chi connectivity index (χ1n) is 9.01. The van der Waals surface area contributed by atoms with Crippen LogP contribution in [0.25, 0.3) is 0 Å². The summed E-state index contributed by atoms with van der Waals surface area (Å²) in [4.78, 5) is 33.0. The Morgan fingerprint density at radius 2 is 1.87 bits per heavy atom. The van der Waals surface area contributed by atoms with Crippen molar-refractivity contribution in [2.45, 2.75) is 6.54 Å². The SMILES string of the molecule is COC(=O)c1cccc(NC(=NCc2cccnc2)NC(=O)c2cccc(Cl)c2)c1. The van der Waals surface area contributed by atoms with Crippen molar-refractivity contribution in [3.05, 3.63) is 94.8 Å². The molecular formula is C22H19ClN4O3. The van der Waals surface area contributed by atoms with Gasteiger partial charge in [0.15, 0.2) is 0 Å². The first-order valence-corrected chi connectivity index (χ1v) is 9.38. The number of ether oxygens (including phenoxy) is 1. The van der Waals surface area contributed by atoms with E-state index in [2.05, 4.69) is 20.6 Å². The van der Waals surface area contributed by atoms with Gasteiger partial charge in [-0.3, -0.25) is 15.1 Å². The summed E-state index contributed by atoms with van der Waals surface area (Å²) in [6.07, 6.45) is 3.36. The first-order chi connectivity index (χ1) is 14.5. The van der Waals surface area contributed by atoms with E-state index in [4.69, 9.17) is 16.3 Å². The van der Waals surface area contributed by atoms with Gasteiger partial charge in [-0.25, -0.2) is 9.79 Å². The quantitative estimate of drug-likeness (QED) is 0.369. The Kier molecular flexibility index (Phi) is 7.13. The lowest BCUT2D eigenvalue weighted by atomic mass is 10.2. The van der Waals surface area contributed by atoms with Crippen LogP contribution >= 0.6 is 11.6 Å². The Hall–Kier alpha value is -3.71. The molecule has 0 aliphatic heterocycles. The third-order valence-electron chi connectivity index (χ3n) is 4.01. The van der Waals surface area contributed by atoms with Gasteiger partial charge in [0.1, 0.15) is 0 Å². The van der Waals surface area contributed by atoms with E-state index in [0.717, 1.165) is 5.56 Å². The molecule has 0 saturated heterocycles. The molecule has 0 bridgehead atoms. The van der Waals surface area contributed by atoms with Gasteiger partial charge in [0.05, 0.1) is 19.2 Å². The van der Waals surface area contributed by atoms with Crippen molar-refractivity contribution in [3.63, 3.8) is 0 Å². The maximum atomic E-state index is 12.7. The highest BCUT2D eigenvalue weighted by Crippen LogP contribution is 2.13. The van der Waals surface area contributed by atoms with Crippen LogP contribution < -0.4 is 10.6 Å². The molecule has 0 spiro atoms. The highest BCUT2D eigenvalue weighted by atomic mass is 35.5. The van der Waals surface area contributed by atoms with Crippen LogP contribution in [0.1, 0.15) is 26.3 Å². The van der Waals surface area contributed by atoms with E-state index in [0.29, 0.717) is 28.4 Å². The van der Waals surface area contributed by atoms with Crippen LogP contribution in [-0.4, -0.2) is 29.9 Å². The van der Waals surface area contributed by atoms with E-state index in [9.17, 15) is 9.59 Å². The summed E-state index contributed by atoms with van der Waals surface area (Å²) >= 11 is 5.98. The molecule has 1 amide bonds. The lowest BCUT2D eigenvalue weighted by Gasteiger charge is -2.13. The molecule has 0 saturated carbocycles. The predicted octanol–water partition coefficient (Wildman–Crippen LogP) is 3.92. The maximum Gasteiger partial charge on any atom is 0.337 e. The molecule has 0 aliphatic rings. The minimum atomic E-state index is -0.463. The molecule has 0 atom stereocenters. The summed E-state index contributed by atoms with van der Waals surface area (Å²) in [7, 11) is 1.31. The molecule has 3 rings (SSSR count). The number of benzene rings is 2. The van der Waals surface area contributed by atoms with E-state index in [1.54, 1.807) is 60.9 Å². The largest absolute Gasteiger partial charge is 0.465 e. The minimum absolute atomic E-state index is 0.214. The van der Waals surface area contributed by atoms with Crippen molar-refractivity contribution in [3.8, 4) is 0 Å². The second kappa shape index (κ2) is 10.2. The Bertz CT molecular complexity index is 1070. The standard InChI is InChI=1S/C22H19ClN4O3/c1-30-21(29)17-7-3-9-19(12-17)26-22(25-14-15-5-4-10-24-13-15)27-20(28)16-6-2-8-18(23)11-16/h2-13H,14H2,1H3,(H2,25,26,27,28). The van der Waals surface area contributed by atoms with Gasteiger partial charge in [-0.15, -0.1) is 0 Å². The number of rotatable bonds is 5. The summed E-state index contributed by atoms with van der Waals surface area (Å²) in [5, 5.41) is 6.24. The van der Waals surface area contributed by atoms with Crippen molar-refractivity contribution >= 4 is 35.1 Å². The average molecular weight is 423 g/mol. The van der Waals surface area contributed by atoms with Crippen molar-refractivity contribution < 1.29 is 14.3 Å².